The molecule has 0 aromatic rings. The zero-order chi connectivity index (χ0) is 15.8. The maximum Gasteiger partial charge on any atom is 0.239 e. The fourth-order valence-corrected chi connectivity index (χ4v) is 2.87. The highest BCUT2D eigenvalue weighted by molar-refractivity contribution is 5.83. The SMILES string of the molecule is CCCCCC(C)NC(=O)CN1CCCC1C(=O)N(C)C. The van der Waals surface area contributed by atoms with Crippen LogP contribution < -0.4 is 5.32 Å². The fraction of sp³-hybridized carbons (Fsp3) is 0.875. The van der Waals surface area contributed by atoms with Gasteiger partial charge in [-0.25, -0.2) is 0 Å². The normalized spacial score (nSPS) is 20.3. The van der Waals surface area contributed by atoms with E-state index >= 15 is 0 Å². The molecule has 2 unspecified atom stereocenters. The molecule has 0 aliphatic carbocycles. The Hall–Kier alpha value is -1.10. The molecule has 1 aliphatic heterocycles. The van der Waals surface area contributed by atoms with Gasteiger partial charge in [-0.05, 0) is 32.7 Å². The molecular formula is C16H31N3O2. The summed E-state index contributed by atoms with van der Waals surface area (Å²) in [6.07, 6.45) is 6.44. The van der Waals surface area contributed by atoms with Crippen LogP contribution in [0.3, 0.4) is 0 Å². The van der Waals surface area contributed by atoms with Gasteiger partial charge < -0.3 is 10.2 Å². The Balaban J connectivity index is 2.37. The fourth-order valence-electron chi connectivity index (χ4n) is 2.87. The van der Waals surface area contributed by atoms with Crippen molar-refractivity contribution < 1.29 is 9.59 Å². The molecule has 1 fully saturated rings. The van der Waals surface area contributed by atoms with Crippen LogP contribution >= 0.6 is 0 Å². The molecule has 2 atom stereocenters. The average Bonchev–Trinajstić information content (AvgIpc) is 2.85. The predicted molar refractivity (Wildman–Crippen MR) is 85.0 cm³/mol. The summed E-state index contributed by atoms with van der Waals surface area (Å²) in [7, 11) is 3.55. The minimum absolute atomic E-state index is 0.0393. The first kappa shape index (κ1) is 18.0. The van der Waals surface area contributed by atoms with Gasteiger partial charge in [0.05, 0.1) is 12.6 Å². The molecule has 5 nitrogen and oxygen atoms in total. The van der Waals surface area contributed by atoms with E-state index < -0.39 is 0 Å². The van der Waals surface area contributed by atoms with Crippen LogP contribution in [-0.4, -0.2) is 60.9 Å². The van der Waals surface area contributed by atoms with Gasteiger partial charge in [-0.1, -0.05) is 26.2 Å². The molecule has 0 aromatic heterocycles. The van der Waals surface area contributed by atoms with Crippen LogP contribution in [-0.2, 0) is 9.59 Å². The van der Waals surface area contributed by atoms with Gasteiger partial charge in [0.25, 0.3) is 0 Å². The maximum absolute atomic E-state index is 12.1. The van der Waals surface area contributed by atoms with Crippen molar-refractivity contribution in [1.29, 1.82) is 0 Å². The predicted octanol–water partition coefficient (Wildman–Crippen LogP) is 1.62. The molecule has 1 aliphatic rings. The number of likely N-dealkylation sites (N-methyl/N-ethyl adjacent to an activating group) is 1. The second-order valence-electron chi connectivity index (χ2n) is 6.33. The molecule has 0 bridgehead atoms. The summed E-state index contributed by atoms with van der Waals surface area (Å²) in [6.45, 7) is 5.41. The van der Waals surface area contributed by atoms with E-state index in [9.17, 15) is 9.59 Å². The van der Waals surface area contributed by atoms with E-state index in [-0.39, 0.29) is 23.9 Å². The summed E-state index contributed by atoms with van der Waals surface area (Å²) in [5.74, 6) is 0.147. The number of unbranched alkanes of at least 4 members (excludes halogenated alkanes) is 2. The summed E-state index contributed by atoms with van der Waals surface area (Å²) < 4.78 is 0. The van der Waals surface area contributed by atoms with Crippen molar-refractivity contribution in [1.82, 2.24) is 15.1 Å². The topological polar surface area (TPSA) is 52.7 Å². The Bertz CT molecular complexity index is 344. The molecule has 1 N–H and O–H groups in total. The minimum atomic E-state index is -0.124. The van der Waals surface area contributed by atoms with Crippen LogP contribution in [0, 0.1) is 0 Å². The molecule has 0 saturated carbocycles. The molecule has 1 heterocycles. The van der Waals surface area contributed by atoms with Crippen LogP contribution in [0.4, 0.5) is 0 Å². The minimum Gasteiger partial charge on any atom is -0.353 e. The average molecular weight is 297 g/mol. The largest absolute Gasteiger partial charge is 0.353 e. The quantitative estimate of drug-likeness (QED) is 0.693. The van der Waals surface area contributed by atoms with E-state index in [4.69, 9.17) is 0 Å². The number of nitrogens with zero attached hydrogens (tertiary/aromatic N) is 2. The van der Waals surface area contributed by atoms with Crippen molar-refractivity contribution in [3.05, 3.63) is 0 Å². The van der Waals surface area contributed by atoms with Crippen molar-refractivity contribution in [2.45, 2.75) is 64.5 Å². The molecule has 1 rings (SSSR count). The first-order chi connectivity index (χ1) is 9.95. The standard InChI is InChI=1S/C16H31N3O2/c1-5-6-7-9-13(2)17-15(20)12-19-11-8-10-14(19)16(21)18(3)4/h13-14H,5-12H2,1-4H3,(H,17,20). The van der Waals surface area contributed by atoms with Gasteiger partial charge in [-0.15, -0.1) is 0 Å². The molecule has 2 amide bonds. The number of amides is 2. The van der Waals surface area contributed by atoms with Crippen molar-refractivity contribution in [3.63, 3.8) is 0 Å². The number of carbonyl (C=O) groups excluding carboxylic acids is 2. The number of hydrogen-bond donors (Lipinski definition) is 1. The molecule has 21 heavy (non-hydrogen) atoms. The van der Waals surface area contributed by atoms with E-state index in [1.165, 1.54) is 12.8 Å². The Labute approximate surface area is 129 Å². The highest BCUT2D eigenvalue weighted by atomic mass is 16.2. The first-order valence-electron chi connectivity index (χ1n) is 8.20. The Morgan fingerprint density at radius 3 is 2.67 bits per heavy atom. The Kier molecular flexibility index (Phi) is 7.72. The van der Waals surface area contributed by atoms with Gasteiger partial charge in [-0.2, -0.15) is 0 Å². The summed E-state index contributed by atoms with van der Waals surface area (Å²) >= 11 is 0. The highest BCUT2D eigenvalue weighted by Crippen LogP contribution is 2.18. The number of rotatable bonds is 8. The van der Waals surface area contributed by atoms with Gasteiger partial charge in [-0.3, -0.25) is 14.5 Å². The van der Waals surface area contributed by atoms with Gasteiger partial charge in [0.2, 0.25) is 11.8 Å². The van der Waals surface area contributed by atoms with Crippen molar-refractivity contribution >= 4 is 11.8 Å². The van der Waals surface area contributed by atoms with E-state index in [0.717, 1.165) is 32.2 Å². The van der Waals surface area contributed by atoms with Gasteiger partial charge in [0.1, 0.15) is 0 Å². The summed E-state index contributed by atoms with van der Waals surface area (Å²) in [5, 5.41) is 3.05. The second-order valence-corrected chi connectivity index (χ2v) is 6.33. The Morgan fingerprint density at radius 1 is 1.33 bits per heavy atom. The lowest BCUT2D eigenvalue weighted by Gasteiger charge is -2.26. The van der Waals surface area contributed by atoms with E-state index in [1.807, 2.05) is 4.90 Å². The summed E-state index contributed by atoms with van der Waals surface area (Å²) in [4.78, 5) is 27.8. The molecule has 122 valence electrons. The monoisotopic (exact) mass is 297 g/mol. The lowest BCUT2D eigenvalue weighted by molar-refractivity contribution is -0.134. The lowest BCUT2D eigenvalue weighted by Crippen LogP contribution is -2.47. The number of hydrogen-bond acceptors (Lipinski definition) is 3. The molecule has 0 radical (unpaired) electrons. The van der Waals surface area contributed by atoms with Crippen molar-refractivity contribution in [3.8, 4) is 0 Å². The van der Waals surface area contributed by atoms with Gasteiger partial charge in [0.15, 0.2) is 0 Å². The van der Waals surface area contributed by atoms with E-state index in [1.54, 1.807) is 19.0 Å². The van der Waals surface area contributed by atoms with Crippen LogP contribution in [0.5, 0.6) is 0 Å². The van der Waals surface area contributed by atoms with E-state index in [0.29, 0.717) is 6.54 Å². The van der Waals surface area contributed by atoms with E-state index in [2.05, 4.69) is 19.2 Å². The van der Waals surface area contributed by atoms with Gasteiger partial charge in [0, 0.05) is 20.1 Å². The molecule has 0 aromatic carbocycles. The molecular weight excluding hydrogens is 266 g/mol. The number of likely N-dealkylation sites (tertiary alicyclic amines) is 1. The van der Waals surface area contributed by atoms with Crippen molar-refractivity contribution in [2.24, 2.45) is 0 Å². The highest BCUT2D eigenvalue weighted by Gasteiger charge is 2.32. The van der Waals surface area contributed by atoms with Crippen molar-refractivity contribution in [2.75, 3.05) is 27.2 Å². The maximum atomic E-state index is 12.1. The third-order valence-electron chi connectivity index (χ3n) is 4.08. The van der Waals surface area contributed by atoms with Crippen LogP contribution in [0.15, 0.2) is 0 Å². The summed E-state index contributed by atoms with van der Waals surface area (Å²) in [6, 6.07) is 0.0933. The lowest BCUT2D eigenvalue weighted by atomic mass is 10.1. The third-order valence-corrected chi connectivity index (χ3v) is 4.08. The van der Waals surface area contributed by atoms with Crippen LogP contribution in [0.25, 0.3) is 0 Å². The zero-order valence-electron chi connectivity index (χ0n) is 14.0. The second kappa shape index (κ2) is 9.03. The number of carbonyl (C=O) groups is 2. The third kappa shape index (κ3) is 6.04. The Morgan fingerprint density at radius 2 is 2.05 bits per heavy atom. The number of nitrogens with one attached hydrogen (secondary N) is 1. The smallest absolute Gasteiger partial charge is 0.239 e. The molecule has 5 heteroatoms. The molecule has 0 spiro atoms. The van der Waals surface area contributed by atoms with Crippen LogP contribution in [0.1, 0.15) is 52.4 Å². The van der Waals surface area contributed by atoms with Gasteiger partial charge >= 0.3 is 0 Å². The zero-order valence-corrected chi connectivity index (χ0v) is 14.0. The van der Waals surface area contributed by atoms with Crippen LogP contribution in [0.2, 0.25) is 0 Å². The first-order valence-corrected chi connectivity index (χ1v) is 8.20. The summed E-state index contributed by atoms with van der Waals surface area (Å²) in [5.41, 5.74) is 0. The molecule has 1 saturated heterocycles.